The van der Waals surface area contributed by atoms with Crippen molar-refractivity contribution in [2.24, 2.45) is 4.99 Å². The molecule has 1 unspecified atom stereocenters. The van der Waals surface area contributed by atoms with Crippen LogP contribution < -0.4 is 5.32 Å². The number of nitrogens with one attached hydrogen (secondary N) is 1. The van der Waals surface area contributed by atoms with E-state index in [-0.39, 0.29) is 22.8 Å². The Bertz CT molecular complexity index is 530. The smallest absolute Gasteiger partial charge is 0.261 e. The second-order valence-corrected chi connectivity index (χ2v) is 7.48. The second kappa shape index (κ2) is 6.73. The van der Waals surface area contributed by atoms with E-state index in [4.69, 9.17) is 0 Å². The highest BCUT2D eigenvalue weighted by molar-refractivity contribution is 8.15. The summed E-state index contributed by atoms with van der Waals surface area (Å²) in [5, 5.41) is 3.49. The average Bonchev–Trinajstić information content (AvgIpc) is 2.94. The molecule has 10 heteroatoms. The van der Waals surface area contributed by atoms with Gasteiger partial charge in [-0.15, -0.1) is 0 Å². The lowest BCUT2D eigenvalue weighted by Gasteiger charge is -2.02. The molecule has 1 atom stereocenters. The molecule has 102 valence electrons. The van der Waals surface area contributed by atoms with Crippen LogP contribution in [0.3, 0.4) is 0 Å². The SMILES string of the molecule is CSc1nsc(SCC(=O)NC2=NC(=O)C(C)S2)n1. The molecule has 0 bridgehead atoms. The maximum Gasteiger partial charge on any atom is 0.261 e. The molecule has 6 nitrogen and oxygen atoms in total. The summed E-state index contributed by atoms with van der Waals surface area (Å²) in [6.07, 6.45) is 1.90. The molecule has 2 rings (SSSR count). The van der Waals surface area contributed by atoms with E-state index in [1.54, 1.807) is 6.92 Å². The van der Waals surface area contributed by atoms with Crippen LogP contribution in [0.5, 0.6) is 0 Å². The first-order chi connectivity index (χ1) is 9.08. The third-order valence-electron chi connectivity index (χ3n) is 1.99. The molecule has 1 aromatic rings. The lowest BCUT2D eigenvalue weighted by atomic mass is 10.5. The Hall–Kier alpha value is -0.580. The molecule has 2 heterocycles. The van der Waals surface area contributed by atoms with E-state index in [1.807, 2.05) is 6.26 Å². The molecule has 1 N–H and O–H groups in total. The molecule has 1 aliphatic heterocycles. The average molecular weight is 334 g/mol. The maximum absolute atomic E-state index is 11.7. The summed E-state index contributed by atoms with van der Waals surface area (Å²) in [4.78, 5) is 30.8. The lowest BCUT2D eigenvalue weighted by molar-refractivity contribution is -0.117. The van der Waals surface area contributed by atoms with Crippen molar-refractivity contribution in [1.82, 2.24) is 14.7 Å². The quantitative estimate of drug-likeness (QED) is 0.835. The number of thioether (sulfide) groups is 3. The minimum atomic E-state index is -0.213. The predicted molar refractivity (Wildman–Crippen MR) is 80.1 cm³/mol. The van der Waals surface area contributed by atoms with Gasteiger partial charge in [0.1, 0.15) is 0 Å². The minimum Gasteiger partial charge on any atom is -0.304 e. The molecule has 0 saturated carbocycles. The topological polar surface area (TPSA) is 84.3 Å². The minimum absolute atomic E-state index is 0.195. The van der Waals surface area contributed by atoms with Crippen LogP contribution in [-0.4, -0.2) is 43.6 Å². The first-order valence-electron chi connectivity index (χ1n) is 5.18. The molecule has 0 saturated heterocycles. The molecule has 1 aromatic heterocycles. The van der Waals surface area contributed by atoms with Crippen molar-refractivity contribution in [1.29, 1.82) is 0 Å². The third kappa shape index (κ3) is 4.20. The number of rotatable bonds is 4. The van der Waals surface area contributed by atoms with Crippen molar-refractivity contribution in [3.8, 4) is 0 Å². The highest BCUT2D eigenvalue weighted by Gasteiger charge is 2.25. The third-order valence-corrected chi connectivity index (χ3v) is 5.46. The van der Waals surface area contributed by atoms with Crippen LogP contribution in [0.1, 0.15) is 6.92 Å². The summed E-state index contributed by atoms with van der Waals surface area (Å²) in [5.41, 5.74) is 0. The molecular formula is C9H10N4O2S4. The summed E-state index contributed by atoms with van der Waals surface area (Å²) >= 11 is 5.32. The Kier molecular flexibility index (Phi) is 5.25. The molecule has 2 amide bonds. The van der Waals surface area contributed by atoms with Crippen LogP contribution in [0.25, 0.3) is 0 Å². The summed E-state index contributed by atoms with van der Waals surface area (Å²) in [7, 11) is 0. The Morgan fingerprint density at radius 1 is 1.53 bits per heavy atom. The van der Waals surface area contributed by atoms with Crippen LogP contribution in [0.15, 0.2) is 14.5 Å². The van der Waals surface area contributed by atoms with Gasteiger partial charge in [0.25, 0.3) is 5.91 Å². The largest absolute Gasteiger partial charge is 0.304 e. The van der Waals surface area contributed by atoms with Crippen LogP contribution in [0.2, 0.25) is 0 Å². The predicted octanol–water partition coefficient (Wildman–Crippen LogP) is 1.49. The van der Waals surface area contributed by atoms with E-state index < -0.39 is 0 Å². The normalized spacial score (nSPS) is 18.5. The molecular weight excluding hydrogens is 324 g/mol. The molecule has 1 aliphatic rings. The van der Waals surface area contributed by atoms with Crippen molar-refractivity contribution < 1.29 is 9.59 Å². The Morgan fingerprint density at radius 3 is 2.89 bits per heavy atom. The van der Waals surface area contributed by atoms with Gasteiger partial charge < -0.3 is 5.32 Å². The Morgan fingerprint density at radius 2 is 2.32 bits per heavy atom. The van der Waals surface area contributed by atoms with E-state index in [0.29, 0.717) is 10.3 Å². The van der Waals surface area contributed by atoms with Crippen molar-refractivity contribution in [3.63, 3.8) is 0 Å². The fraction of sp³-hybridized carbons (Fsp3) is 0.444. The van der Waals surface area contributed by atoms with Gasteiger partial charge in [-0.3, -0.25) is 9.59 Å². The van der Waals surface area contributed by atoms with Crippen LogP contribution >= 0.6 is 46.8 Å². The summed E-state index contributed by atoms with van der Waals surface area (Å²) in [6, 6.07) is 0. The van der Waals surface area contributed by atoms with E-state index in [2.05, 4.69) is 19.7 Å². The zero-order valence-corrected chi connectivity index (χ0v) is 13.3. The highest BCUT2D eigenvalue weighted by Crippen LogP contribution is 2.24. The van der Waals surface area contributed by atoms with Crippen LogP contribution in [-0.2, 0) is 9.59 Å². The Balaban J connectivity index is 1.79. The summed E-state index contributed by atoms with van der Waals surface area (Å²) < 4.78 is 4.86. The van der Waals surface area contributed by atoms with E-state index in [9.17, 15) is 9.59 Å². The van der Waals surface area contributed by atoms with Gasteiger partial charge in [-0.05, 0) is 24.7 Å². The summed E-state index contributed by atoms with van der Waals surface area (Å²) in [6.45, 7) is 1.76. The van der Waals surface area contributed by atoms with E-state index >= 15 is 0 Å². The number of carbonyl (C=O) groups is 2. The summed E-state index contributed by atoms with van der Waals surface area (Å²) in [5.74, 6) is -0.175. The standard InChI is InChI=1S/C9H10N4O2S4/c1-4-6(15)11-7(18-4)10-5(14)3-17-9-12-8(16-2)13-19-9/h4H,3H2,1-2H3,(H,10,11,14,15). The van der Waals surface area contributed by atoms with Gasteiger partial charge in [-0.2, -0.15) is 9.37 Å². The number of hydrogen-bond donors (Lipinski definition) is 1. The first kappa shape index (κ1) is 14.8. The number of nitrogens with zero attached hydrogens (tertiary/aromatic N) is 3. The van der Waals surface area contributed by atoms with Gasteiger partial charge in [0.05, 0.1) is 11.0 Å². The molecule has 0 aromatic carbocycles. The lowest BCUT2D eigenvalue weighted by Crippen LogP contribution is -2.29. The van der Waals surface area contributed by atoms with Gasteiger partial charge in [0.15, 0.2) is 9.51 Å². The Labute approximate surface area is 126 Å². The van der Waals surface area contributed by atoms with E-state index in [1.165, 1.54) is 46.8 Å². The van der Waals surface area contributed by atoms with Gasteiger partial charge in [0.2, 0.25) is 11.1 Å². The van der Waals surface area contributed by atoms with Gasteiger partial charge in [-0.25, -0.2) is 4.98 Å². The van der Waals surface area contributed by atoms with Crippen LogP contribution in [0, 0.1) is 0 Å². The molecule has 19 heavy (non-hydrogen) atoms. The van der Waals surface area contributed by atoms with Crippen molar-refractivity contribution >= 4 is 63.8 Å². The fourth-order valence-electron chi connectivity index (χ4n) is 1.11. The molecule has 0 radical (unpaired) electrons. The van der Waals surface area contributed by atoms with Gasteiger partial charge in [-0.1, -0.05) is 35.3 Å². The van der Waals surface area contributed by atoms with E-state index in [0.717, 1.165) is 4.34 Å². The van der Waals surface area contributed by atoms with Crippen molar-refractivity contribution in [2.75, 3.05) is 12.0 Å². The van der Waals surface area contributed by atoms with Crippen LogP contribution in [0.4, 0.5) is 0 Å². The number of aromatic nitrogens is 2. The molecule has 0 fully saturated rings. The van der Waals surface area contributed by atoms with Gasteiger partial charge in [0, 0.05) is 0 Å². The zero-order chi connectivity index (χ0) is 13.8. The number of aliphatic imine (C=N–C) groups is 1. The number of carbonyl (C=O) groups excluding carboxylic acids is 2. The maximum atomic E-state index is 11.7. The van der Waals surface area contributed by atoms with Crippen molar-refractivity contribution in [2.45, 2.75) is 21.7 Å². The monoisotopic (exact) mass is 334 g/mol. The highest BCUT2D eigenvalue weighted by atomic mass is 32.2. The van der Waals surface area contributed by atoms with Gasteiger partial charge >= 0.3 is 0 Å². The van der Waals surface area contributed by atoms with Crippen molar-refractivity contribution in [3.05, 3.63) is 0 Å². The fourth-order valence-corrected chi connectivity index (χ4v) is 3.93. The molecule has 0 aliphatic carbocycles. The zero-order valence-electron chi connectivity index (χ0n) is 10.1. The number of amidine groups is 1. The first-order valence-corrected chi connectivity index (χ1v) is 9.04. The second-order valence-electron chi connectivity index (χ2n) is 3.40. The number of hydrogen-bond acceptors (Lipinski definition) is 8. The number of amides is 2. The molecule has 0 spiro atoms.